The van der Waals surface area contributed by atoms with Gasteiger partial charge in [0.2, 0.25) is 0 Å². The molecule has 0 aliphatic carbocycles. The Labute approximate surface area is 148 Å². The van der Waals surface area contributed by atoms with E-state index >= 15 is 0 Å². The Morgan fingerprint density at radius 1 is 1.52 bits per heavy atom. The van der Waals surface area contributed by atoms with Gasteiger partial charge >= 0.3 is 0 Å². The molecule has 4 nitrogen and oxygen atoms in total. The van der Waals surface area contributed by atoms with Gasteiger partial charge in [0.05, 0.1) is 5.00 Å². The van der Waals surface area contributed by atoms with E-state index in [1.54, 1.807) is 0 Å². The second-order valence-corrected chi connectivity index (χ2v) is 5.68. The molecule has 0 saturated carbocycles. The first-order valence-corrected chi connectivity index (χ1v) is 7.98. The summed E-state index contributed by atoms with van der Waals surface area (Å²) >= 11 is 1.81. The Bertz CT molecular complexity index is 459. The van der Waals surface area contributed by atoms with E-state index < -0.39 is 0 Å². The average molecular weight is 418 g/mol. The molecule has 1 fully saturated rings. The summed E-state index contributed by atoms with van der Waals surface area (Å²) < 4.78 is 0. The molecule has 21 heavy (non-hydrogen) atoms. The number of piperidine rings is 1. The van der Waals surface area contributed by atoms with Crippen LogP contribution in [0.5, 0.6) is 0 Å². The zero-order valence-corrected chi connectivity index (χ0v) is 15.5. The Kier molecular flexibility index (Phi) is 8.54. The smallest absolute Gasteiger partial charge is 0.192 e. The zero-order valence-electron chi connectivity index (χ0n) is 12.3. The van der Waals surface area contributed by atoms with E-state index in [4.69, 9.17) is 6.42 Å². The van der Waals surface area contributed by atoms with Gasteiger partial charge in [-0.3, -0.25) is 0 Å². The van der Waals surface area contributed by atoms with E-state index in [9.17, 15) is 0 Å². The van der Waals surface area contributed by atoms with Gasteiger partial charge in [-0.1, -0.05) is 5.92 Å². The van der Waals surface area contributed by atoms with E-state index in [2.05, 4.69) is 50.9 Å². The van der Waals surface area contributed by atoms with Crippen molar-refractivity contribution in [2.24, 2.45) is 4.99 Å². The number of halogens is 1. The number of guanidine groups is 1. The summed E-state index contributed by atoms with van der Waals surface area (Å²) in [4.78, 5) is 6.79. The summed E-state index contributed by atoms with van der Waals surface area (Å²) in [5, 5.41) is 10.2. The average Bonchev–Trinajstić information content (AvgIpc) is 3.00. The summed E-state index contributed by atoms with van der Waals surface area (Å²) in [7, 11) is 0. The Morgan fingerprint density at radius 2 is 2.29 bits per heavy atom. The molecule has 2 heterocycles. The molecule has 6 heteroatoms. The number of thiophene rings is 1. The maximum atomic E-state index is 5.26. The molecule has 1 aromatic rings. The van der Waals surface area contributed by atoms with E-state index in [1.807, 2.05) is 11.3 Å². The van der Waals surface area contributed by atoms with Gasteiger partial charge < -0.3 is 15.5 Å². The van der Waals surface area contributed by atoms with Gasteiger partial charge in [0.1, 0.15) is 6.54 Å². The van der Waals surface area contributed by atoms with Crippen LogP contribution >= 0.6 is 35.3 Å². The highest BCUT2D eigenvalue weighted by Crippen LogP contribution is 2.24. The van der Waals surface area contributed by atoms with E-state index in [1.165, 1.54) is 5.00 Å². The second kappa shape index (κ2) is 9.90. The first kappa shape index (κ1) is 18.1. The third-order valence-corrected chi connectivity index (χ3v) is 4.26. The van der Waals surface area contributed by atoms with E-state index in [0.717, 1.165) is 38.4 Å². The van der Waals surface area contributed by atoms with Crippen LogP contribution < -0.4 is 15.5 Å². The minimum atomic E-state index is 0. The van der Waals surface area contributed by atoms with Crippen molar-refractivity contribution in [1.82, 2.24) is 10.6 Å². The van der Waals surface area contributed by atoms with Gasteiger partial charge in [-0.05, 0) is 37.3 Å². The Balaban J connectivity index is 0.00000220. The predicted octanol–water partition coefficient (Wildman–Crippen LogP) is 2.52. The van der Waals surface area contributed by atoms with Crippen LogP contribution in [0.2, 0.25) is 0 Å². The molecule has 116 valence electrons. The van der Waals surface area contributed by atoms with Crippen LogP contribution in [0.3, 0.4) is 0 Å². The number of terminal acetylenes is 1. The normalized spacial score (nSPS) is 16.0. The highest BCUT2D eigenvalue weighted by Gasteiger charge is 2.20. The molecule has 2 N–H and O–H groups in total. The fourth-order valence-corrected chi connectivity index (χ4v) is 3.12. The molecule has 2 rings (SSSR count). The molecule has 0 aromatic carbocycles. The maximum absolute atomic E-state index is 5.26. The van der Waals surface area contributed by atoms with E-state index in [-0.39, 0.29) is 24.0 Å². The summed E-state index contributed by atoms with van der Waals surface area (Å²) in [6, 6.07) is 4.78. The second-order valence-electron chi connectivity index (χ2n) is 4.76. The van der Waals surface area contributed by atoms with Gasteiger partial charge in [-0.2, -0.15) is 0 Å². The molecule has 0 atom stereocenters. The first-order valence-electron chi connectivity index (χ1n) is 7.10. The lowest BCUT2D eigenvalue weighted by Crippen LogP contribution is -2.48. The van der Waals surface area contributed by atoms with Crippen molar-refractivity contribution >= 4 is 46.3 Å². The molecule has 1 aliphatic rings. The molecule has 0 spiro atoms. The van der Waals surface area contributed by atoms with Crippen molar-refractivity contribution < 1.29 is 0 Å². The van der Waals surface area contributed by atoms with Gasteiger partial charge in [0.25, 0.3) is 0 Å². The molecule has 0 radical (unpaired) electrons. The first-order chi connectivity index (χ1) is 9.83. The lowest BCUT2D eigenvalue weighted by molar-refractivity contribution is 0.463. The standard InChI is InChI=1S/C15H22N4S.HI/c1-3-9-17-15(16-4-2)18-13-7-10-19(11-8-13)14-6-5-12-20-14;/h1,5-6,12-13H,4,7-11H2,2H3,(H2,16,17,18);1H. The highest BCUT2D eigenvalue weighted by molar-refractivity contribution is 14.0. The molecule has 1 aliphatic heterocycles. The van der Waals surface area contributed by atoms with Crippen LogP contribution in [0, 0.1) is 12.3 Å². The largest absolute Gasteiger partial charge is 0.363 e. The molecule has 0 unspecified atom stereocenters. The van der Waals surface area contributed by atoms with Crippen LogP contribution in [0.25, 0.3) is 0 Å². The summed E-state index contributed by atoms with van der Waals surface area (Å²) in [6.45, 7) is 5.51. The van der Waals surface area contributed by atoms with Crippen LogP contribution in [0.4, 0.5) is 5.00 Å². The highest BCUT2D eigenvalue weighted by atomic mass is 127. The summed E-state index contributed by atoms with van der Waals surface area (Å²) in [6.07, 6.45) is 7.51. The molecule has 0 amide bonds. The third-order valence-electron chi connectivity index (χ3n) is 3.33. The van der Waals surface area contributed by atoms with Gasteiger partial charge in [-0.15, -0.1) is 41.7 Å². The molecular weight excluding hydrogens is 395 g/mol. The fourth-order valence-electron chi connectivity index (χ4n) is 2.33. The van der Waals surface area contributed by atoms with Crippen LogP contribution in [-0.4, -0.2) is 38.2 Å². The molecule has 1 saturated heterocycles. The van der Waals surface area contributed by atoms with Crippen molar-refractivity contribution in [1.29, 1.82) is 0 Å². The van der Waals surface area contributed by atoms with Gasteiger partial charge in [0.15, 0.2) is 5.96 Å². The van der Waals surface area contributed by atoms with Crippen LogP contribution in [0.1, 0.15) is 19.8 Å². The van der Waals surface area contributed by atoms with Crippen molar-refractivity contribution in [2.45, 2.75) is 25.8 Å². The van der Waals surface area contributed by atoms with Crippen LogP contribution in [0.15, 0.2) is 22.5 Å². The number of anilines is 1. The topological polar surface area (TPSA) is 39.7 Å². The van der Waals surface area contributed by atoms with Gasteiger partial charge in [-0.25, -0.2) is 4.99 Å². The number of hydrogen-bond donors (Lipinski definition) is 2. The summed E-state index contributed by atoms with van der Waals surface area (Å²) in [5.41, 5.74) is 0. The predicted molar refractivity (Wildman–Crippen MR) is 103 cm³/mol. The van der Waals surface area contributed by atoms with Crippen molar-refractivity contribution in [3.8, 4) is 12.3 Å². The van der Waals surface area contributed by atoms with Crippen molar-refractivity contribution in [3.05, 3.63) is 17.5 Å². The fraction of sp³-hybridized carbons (Fsp3) is 0.533. The number of hydrogen-bond acceptors (Lipinski definition) is 3. The summed E-state index contributed by atoms with van der Waals surface area (Å²) in [5.74, 6) is 3.38. The van der Waals surface area contributed by atoms with Crippen LogP contribution in [-0.2, 0) is 0 Å². The SMILES string of the molecule is C#CCN=C(NCC)NC1CCN(c2cccs2)CC1.I. The van der Waals surface area contributed by atoms with E-state index in [0.29, 0.717) is 12.6 Å². The minimum absolute atomic E-state index is 0. The van der Waals surface area contributed by atoms with Gasteiger partial charge in [0, 0.05) is 25.7 Å². The van der Waals surface area contributed by atoms with Crippen molar-refractivity contribution in [2.75, 3.05) is 31.1 Å². The number of nitrogens with zero attached hydrogens (tertiary/aromatic N) is 2. The Morgan fingerprint density at radius 3 is 2.86 bits per heavy atom. The number of rotatable bonds is 4. The zero-order chi connectivity index (χ0) is 14.2. The molecular formula is C15H23IN4S. The van der Waals surface area contributed by atoms with Crippen molar-refractivity contribution in [3.63, 3.8) is 0 Å². The quantitative estimate of drug-likeness (QED) is 0.342. The molecule has 0 bridgehead atoms. The number of nitrogens with one attached hydrogen (secondary N) is 2. The minimum Gasteiger partial charge on any atom is -0.363 e. The lowest BCUT2D eigenvalue weighted by atomic mass is 10.1. The monoisotopic (exact) mass is 418 g/mol. The maximum Gasteiger partial charge on any atom is 0.192 e. The third kappa shape index (κ3) is 5.75. The number of aliphatic imine (C=N–C) groups is 1. The Hall–Kier alpha value is -0.940. The lowest BCUT2D eigenvalue weighted by Gasteiger charge is -2.33. The molecule has 1 aromatic heterocycles.